The summed E-state index contributed by atoms with van der Waals surface area (Å²) >= 11 is 0. The van der Waals surface area contributed by atoms with Crippen LogP contribution in [-0.2, 0) is 16.6 Å². The zero-order chi connectivity index (χ0) is 16.3. The smallest absolute Gasteiger partial charge is 0.244 e. The summed E-state index contributed by atoms with van der Waals surface area (Å²) in [5.41, 5.74) is -0.267. The molecule has 0 aliphatic carbocycles. The molecule has 0 bridgehead atoms. The van der Waals surface area contributed by atoms with Gasteiger partial charge in [0.2, 0.25) is 10.0 Å². The Hall–Kier alpha value is -0.890. The van der Waals surface area contributed by atoms with E-state index in [1.807, 2.05) is 39.8 Å². The predicted octanol–water partition coefficient (Wildman–Crippen LogP) is 1.32. The molecule has 7 heteroatoms. The highest BCUT2D eigenvalue weighted by Crippen LogP contribution is 2.20. The normalized spacial score (nSPS) is 13.1. The van der Waals surface area contributed by atoms with Crippen LogP contribution in [0.15, 0.2) is 15.4 Å². The zero-order valence-electron chi connectivity index (χ0n) is 13.8. The Labute approximate surface area is 127 Å². The maximum Gasteiger partial charge on any atom is 0.244 e. The molecule has 0 spiro atoms. The topological polar surface area (TPSA) is 74.6 Å². The maximum absolute atomic E-state index is 12.4. The van der Waals surface area contributed by atoms with E-state index in [2.05, 4.69) is 10.0 Å². The number of rotatable bonds is 8. The number of likely N-dealkylation sites (N-methyl/N-ethyl adjacent to an activating group) is 1. The summed E-state index contributed by atoms with van der Waals surface area (Å²) in [5, 5.41) is 3.11. The minimum Gasteiger partial charge on any atom is -0.464 e. The standard InChI is InChI=1S/C14H27N3O3S/c1-7-15-9-12-8-13(11(2)20-12)21(18,19)16-10-14(3,4)17(5)6/h8,15-16H,7,9-10H2,1-6H3. The van der Waals surface area contributed by atoms with Crippen molar-refractivity contribution in [3.05, 3.63) is 17.6 Å². The number of sulfonamides is 1. The summed E-state index contributed by atoms with van der Waals surface area (Å²) in [6.07, 6.45) is 0. The summed E-state index contributed by atoms with van der Waals surface area (Å²) in [6.45, 7) is 9.27. The van der Waals surface area contributed by atoms with Gasteiger partial charge in [-0.25, -0.2) is 13.1 Å². The zero-order valence-corrected chi connectivity index (χ0v) is 14.6. The van der Waals surface area contributed by atoms with Crippen LogP contribution in [0.2, 0.25) is 0 Å². The Morgan fingerprint density at radius 2 is 1.95 bits per heavy atom. The minimum absolute atomic E-state index is 0.213. The number of furan rings is 1. The van der Waals surface area contributed by atoms with E-state index in [0.717, 1.165) is 6.54 Å². The van der Waals surface area contributed by atoms with Crippen LogP contribution in [0.1, 0.15) is 32.3 Å². The maximum atomic E-state index is 12.4. The molecule has 1 heterocycles. The first-order chi connectivity index (χ1) is 9.60. The molecule has 1 aromatic rings. The molecule has 0 atom stereocenters. The van der Waals surface area contributed by atoms with E-state index in [1.165, 1.54) is 0 Å². The average molecular weight is 317 g/mol. The molecule has 0 unspecified atom stereocenters. The number of hydrogen-bond acceptors (Lipinski definition) is 5. The van der Waals surface area contributed by atoms with Crippen molar-refractivity contribution in [2.24, 2.45) is 0 Å². The van der Waals surface area contributed by atoms with E-state index in [0.29, 0.717) is 24.6 Å². The molecule has 21 heavy (non-hydrogen) atoms. The van der Waals surface area contributed by atoms with Crippen LogP contribution in [0.5, 0.6) is 0 Å². The molecular formula is C14H27N3O3S. The van der Waals surface area contributed by atoms with Gasteiger partial charge in [-0.15, -0.1) is 0 Å². The molecule has 0 fully saturated rings. The molecule has 1 aromatic heterocycles. The van der Waals surface area contributed by atoms with Gasteiger partial charge in [0.05, 0.1) is 6.54 Å². The lowest BCUT2D eigenvalue weighted by molar-refractivity contribution is 0.199. The SMILES string of the molecule is CCNCc1cc(S(=O)(=O)NCC(C)(C)N(C)C)c(C)o1. The fourth-order valence-electron chi connectivity index (χ4n) is 1.63. The van der Waals surface area contributed by atoms with E-state index < -0.39 is 10.0 Å². The summed E-state index contributed by atoms with van der Waals surface area (Å²) in [5.74, 6) is 1.04. The van der Waals surface area contributed by atoms with Crippen LogP contribution in [0, 0.1) is 6.92 Å². The van der Waals surface area contributed by atoms with Crippen molar-refractivity contribution >= 4 is 10.0 Å². The van der Waals surface area contributed by atoms with E-state index in [1.54, 1.807) is 13.0 Å². The van der Waals surface area contributed by atoms with Crippen molar-refractivity contribution < 1.29 is 12.8 Å². The molecule has 0 aliphatic rings. The monoisotopic (exact) mass is 317 g/mol. The van der Waals surface area contributed by atoms with Gasteiger partial charge in [-0.2, -0.15) is 0 Å². The molecule has 1 rings (SSSR count). The molecule has 0 radical (unpaired) electrons. The first-order valence-corrected chi connectivity index (χ1v) is 8.55. The van der Waals surface area contributed by atoms with Crippen molar-refractivity contribution in [2.45, 2.75) is 44.7 Å². The Morgan fingerprint density at radius 3 is 2.48 bits per heavy atom. The summed E-state index contributed by atoms with van der Waals surface area (Å²) in [6, 6.07) is 1.59. The van der Waals surface area contributed by atoms with Crippen molar-refractivity contribution in [1.82, 2.24) is 14.9 Å². The molecule has 0 saturated heterocycles. The average Bonchev–Trinajstić information content (AvgIpc) is 2.76. The van der Waals surface area contributed by atoms with E-state index in [-0.39, 0.29) is 10.4 Å². The minimum atomic E-state index is -3.56. The van der Waals surface area contributed by atoms with Crippen LogP contribution in [-0.4, -0.2) is 46.0 Å². The fraction of sp³-hybridized carbons (Fsp3) is 0.714. The molecule has 2 N–H and O–H groups in total. The molecule has 0 aromatic carbocycles. The fourth-order valence-corrected chi connectivity index (χ4v) is 3.04. The molecular weight excluding hydrogens is 290 g/mol. The molecule has 0 aliphatic heterocycles. The van der Waals surface area contributed by atoms with Gasteiger partial charge in [0.15, 0.2) is 0 Å². The lowest BCUT2D eigenvalue weighted by atomic mass is 10.1. The Bertz CT molecular complexity index is 562. The highest BCUT2D eigenvalue weighted by atomic mass is 32.2. The molecule has 0 amide bonds. The first kappa shape index (κ1) is 18.2. The van der Waals surface area contributed by atoms with Crippen LogP contribution in [0.25, 0.3) is 0 Å². The Balaban J connectivity index is 2.86. The summed E-state index contributed by atoms with van der Waals surface area (Å²) < 4.78 is 32.9. The second kappa shape index (κ2) is 6.91. The molecule has 122 valence electrons. The van der Waals surface area contributed by atoms with E-state index in [4.69, 9.17) is 4.42 Å². The van der Waals surface area contributed by atoms with Gasteiger partial charge in [-0.05, 0) is 41.4 Å². The van der Waals surface area contributed by atoms with Gasteiger partial charge < -0.3 is 14.6 Å². The third-order valence-electron chi connectivity index (χ3n) is 3.67. The van der Waals surface area contributed by atoms with Crippen molar-refractivity contribution in [3.8, 4) is 0 Å². The van der Waals surface area contributed by atoms with Gasteiger partial charge in [0.25, 0.3) is 0 Å². The number of nitrogens with one attached hydrogen (secondary N) is 2. The third kappa shape index (κ3) is 4.81. The number of nitrogens with zero attached hydrogens (tertiary/aromatic N) is 1. The predicted molar refractivity (Wildman–Crippen MR) is 83.8 cm³/mol. The highest BCUT2D eigenvalue weighted by molar-refractivity contribution is 7.89. The summed E-state index contributed by atoms with van der Waals surface area (Å²) in [4.78, 5) is 2.19. The van der Waals surface area contributed by atoms with Gasteiger partial charge in [-0.1, -0.05) is 6.92 Å². The van der Waals surface area contributed by atoms with Crippen LogP contribution < -0.4 is 10.0 Å². The number of hydrogen-bond donors (Lipinski definition) is 2. The Kier molecular flexibility index (Phi) is 5.98. The van der Waals surface area contributed by atoms with Crippen molar-refractivity contribution in [1.29, 1.82) is 0 Å². The van der Waals surface area contributed by atoms with Crippen LogP contribution >= 0.6 is 0 Å². The Morgan fingerprint density at radius 1 is 1.33 bits per heavy atom. The van der Waals surface area contributed by atoms with Crippen molar-refractivity contribution in [2.75, 3.05) is 27.2 Å². The molecule has 6 nitrogen and oxygen atoms in total. The van der Waals surface area contributed by atoms with Gasteiger partial charge in [0.1, 0.15) is 16.4 Å². The number of aryl methyl sites for hydroxylation is 1. The van der Waals surface area contributed by atoms with Gasteiger partial charge in [0, 0.05) is 18.2 Å². The highest BCUT2D eigenvalue weighted by Gasteiger charge is 2.26. The van der Waals surface area contributed by atoms with E-state index in [9.17, 15) is 8.42 Å². The van der Waals surface area contributed by atoms with Crippen molar-refractivity contribution in [3.63, 3.8) is 0 Å². The lowest BCUT2D eigenvalue weighted by Crippen LogP contribution is -2.48. The summed E-state index contributed by atoms with van der Waals surface area (Å²) in [7, 11) is 0.285. The second-order valence-electron chi connectivity index (χ2n) is 5.94. The van der Waals surface area contributed by atoms with Crippen LogP contribution in [0.4, 0.5) is 0 Å². The quantitative estimate of drug-likeness (QED) is 0.756. The molecule has 0 saturated carbocycles. The lowest BCUT2D eigenvalue weighted by Gasteiger charge is -2.32. The van der Waals surface area contributed by atoms with E-state index >= 15 is 0 Å². The second-order valence-corrected chi connectivity index (χ2v) is 7.68. The first-order valence-electron chi connectivity index (χ1n) is 7.07. The largest absolute Gasteiger partial charge is 0.464 e. The van der Waals surface area contributed by atoms with Crippen LogP contribution in [0.3, 0.4) is 0 Å². The van der Waals surface area contributed by atoms with Gasteiger partial charge >= 0.3 is 0 Å². The third-order valence-corrected chi connectivity index (χ3v) is 5.18. The van der Waals surface area contributed by atoms with Gasteiger partial charge in [-0.3, -0.25) is 0 Å².